The number of rotatable bonds is 3. The highest BCUT2D eigenvalue weighted by Gasteiger charge is 2.26. The fourth-order valence-electron chi connectivity index (χ4n) is 2.84. The van der Waals surface area contributed by atoms with Crippen LogP contribution in [0.2, 0.25) is 0 Å². The molecule has 1 fully saturated rings. The van der Waals surface area contributed by atoms with E-state index in [1.54, 1.807) is 7.11 Å². The minimum absolute atomic E-state index is 0.562. The minimum Gasteiger partial charge on any atom is -0.495 e. The Kier molecular flexibility index (Phi) is 4.64. The number of hydrogen-bond acceptors (Lipinski definition) is 4. The third-order valence-electron chi connectivity index (χ3n) is 4.23. The van der Waals surface area contributed by atoms with E-state index in [0.29, 0.717) is 23.4 Å². The summed E-state index contributed by atoms with van der Waals surface area (Å²) in [6.07, 6.45) is 0. The van der Waals surface area contributed by atoms with Crippen molar-refractivity contribution in [1.82, 2.24) is 9.80 Å². The van der Waals surface area contributed by atoms with Crippen molar-refractivity contribution >= 4 is 0 Å². The van der Waals surface area contributed by atoms with Gasteiger partial charge in [-0.05, 0) is 38.6 Å². The molecule has 4 nitrogen and oxygen atoms in total. The summed E-state index contributed by atoms with van der Waals surface area (Å²) < 4.78 is 5.19. The summed E-state index contributed by atoms with van der Waals surface area (Å²) in [5.74, 6) is 0.649. The quantitative estimate of drug-likeness (QED) is 0.845. The fraction of sp³-hybridized carbons (Fsp3) is 0.562. The van der Waals surface area contributed by atoms with Crippen molar-refractivity contribution in [1.29, 1.82) is 5.26 Å². The lowest BCUT2D eigenvalue weighted by atomic mass is 10.1. The second-order valence-corrected chi connectivity index (χ2v) is 5.70. The van der Waals surface area contributed by atoms with E-state index < -0.39 is 0 Å². The summed E-state index contributed by atoms with van der Waals surface area (Å²) in [6, 6.07) is 9.19. The summed E-state index contributed by atoms with van der Waals surface area (Å²) >= 11 is 0. The summed E-state index contributed by atoms with van der Waals surface area (Å²) in [7, 11) is 3.79. The fourth-order valence-corrected chi connectivity index (χ4v) is 2.84. The van der Waals surface area contributed by atoms with E-state index in [4.69, 9.17) is 10.00 Å². The van der Waals surface area contributed by atoms with Crippen LogP contribution in [-0.4, -0.2) is 49.1 Å². The molecule has 0 aromatic heterocycles. The van der Waals surface area contributed by atoms with Gasteiger partial charge in [-0.3, -0.25) is 9.80 Å². The van der Waals surface area contributed by atoms with Gasteiger partial charge in [0.2, 0.25) is 0 Å². The van der Waals surface area contributed by atoms with Crippen LogP contribution in [0.25, 0.3) is 0 Å². The first-order valence-electron chi connectivity index (χ1n) is 7.06. The Bertz CT molecular complexity index is 497. The molecule has 1 aliphatic rings. The Labute approximate surface area is 121 Å². The number of nitriles is 1. The molecular formula is C16H23N3O. The number of piperazine rings is 1. The largest absolute Gasteiger partial charge is 0.495 e. The molecule has 108 valence electrons. The van der Waals surface area contributed by atoms with Gasteiger partial charge in [-0.2, -0.15) is 5.26 Å². The zero-order valence-electron chi connectivity index (χ0n) is 12.8. The highest BCUT2D eigenvalue weighted by atomic mass is 16.5. The smallest absolute Gasteiger partial charge is 0.136 e. The van der Waals surface area contributed by atoms with Gasteiger partial charge in [0.15, 0.2) is 0 Å². The molecule has 1 aromatic rings. The van der Waals surface area contributed by atoms with Crippen LogP contribution in [0.4, 0.5) is 0 Å². The number of ether oxygens (including phenoxy) is 1. The van der Waals surface area contributed by atoms with E-state index in [1.807, 2.05) is 18.2 Å². The summed E-state index contributed by atoms with van der Waals surface area (Å²) in [5.41, 5.74) is 1.78. The molecule has 2 unspecified atom stereocenters. The Morgan fingerprint density at radius 1 is 1.30 bits per heavy atom. The molecule has 0 amide bonds. The van der Waals surface area contributed by atoms with Crippen molar-refractivity contribution in [3.63, 3.8) is 0 Å². The lowest BCUT2D eigenvalue weighted by molar-refractivity contribution is 0.0556. The predicted octanol–water partition coefficient (Wildman–Crippen LogP) is 2.09. The molecule has 20 heavy (non-hydrogen) atoms. The van der Waals surface area contributed by atoms with E-state index in [1.165, 1.54) is 5.56 Å². The van der Waals surface area contributed by atoms with Crippen molar-refractivity contribution < 1.29 is 4.74 Å². The van der Waals surface area contributed by atoms with E-state index in [0.717, 1.165) is 19.6 Å². The Morgan fingerprint density at radius 3 is 2.50 bits per heavy atom. The Balaban J connectivity index is 2.09. The first-order valence-corrected chi connectivity index (χ1v) is 7.06. The van der Waals surface area contributed by atoms with Crippen LogP contribution >= 0.6 is 0 Å². The molecule has 1 saturated heterocycles. The van der Waals surface area contributed by atoms with Crippen LogP contribution in [0.1, 0.15) is 25.0 Å². The van der Waals surface area contributed by atoms with Gasteiger partial charge in [-0.15, -0.1) is 0 Å². The van der Waals surface area contributed by atoms with Gasteiger partial charge in [0.05, 0.1) is 12.7 Å². The Hall–Kier alpha value is -1.57. The molecule has 0 N–H and O–H groups in total. The van der Waals surface area contributed by atoms with Crippen molar-refractivity contribution in [3.05, 3.63) is 29.3 Å². The first-order chi connectivity index (χ1) is 9.55. The maximum atomic E-state index is 9.15. The average molecular weight is 273 g/mol. The first kappa shape index (κ1) is 14.8. The second kappa shape index (κ2) is 6.25. The molecule has 2 rings (SSSR count). The van der Waals surface area contributed by atoms with Gasteiger partial charge < -0.3 is 4.74 Å². The van der Waals surface area contributed by atoms with E-state index in [9.17, 15) is 0 Å². The zero-order chi connectivity index (χ0) is 14.7. The summed E-state index contributed by atoms with van der Waals surface area (Å²) in [4.78, 5) is 4.88. The maximum absolute atomic E-state index is 9.15. The standard InChI is InChI=1S/C16H23N3O/c1-12-9-19(10-13(2)18(12)3)11-14-5-6-16(20-4)15(7-14)8-17/h5-7,12-13H,9-11H2,1-4H3. The molecule has 0 saturated carbocycles. The molecule has 0 bridgehead atoms. The molecule has 1 aromatic carbocycles. The van der Waals surface area contributed by atoms with E-state index in [-0.39, 0.29) is 0 Å². The molecule has 1 aliphatic heterocycles. The predicted molar refractivity (Wildman–Crippen MR) is 79.7 cm³/mol. The van der Waals surface area contributed by atoms with E-state index >= 15 is 0 Å². The molecule has 4 heteroatoms. The second-order valence-electron chi connectivity index (χ2n) is 5.70. The summed E-state index contributed by atoms with van der Waals surface area (Å²) in [5, 5.41) is 9.15. The third-order valence-corrected chi connectivity index (χ3v) is 4.23. The van der Waals surface area contributed by atoms with Crippen molar-refractivity contribution in [2.45, 2.75) is 32.5 Å². The lowest BCUT2D eigenvalue weighted by Crippen LogP contribution is -2.54. The lowest BCUT2D eigenvalue weighted by Gasteiger charge is -2.42. The van der Waals surface area contributed by atoms with Gasteiger partial charge in [0, 0.05) is 31.7 Å². The zero-order valence-corrected chi connectivity index (χ0v) is 12.8. The highest BCUT2D eigenvalue weighted by Crippen LogP contribution is 2.21. The van der Waals surface area contributed by atoms with Crippen LogP contribution in [0, 0.1) is 11.3 Å². The normalized spacial score (nSPS) is 24.4. The molecule has 0 radical (unpaired) electrons. The van der Waals surface area contributed by atoms with Gasteiger partial charge >= 0.3 is 0 Å². The topological polar surface area (TPSA) is 39.5 Å². The Morgan fingerprint density at radius 2 is 1.95 bits per heavy atom. The monoisotopic (exact) mass is 273 g/mol. The third kappa shape index (κ3) is 3.12. The van der Waals surface area contributed by atoms with Crippen LogP contribution in [0.5, 0.6) is 5.75 Å². The van der Waals surface area contributed by atoms with Gasteiger partial charge in [-0.25, -0.2) is 0 Å². The van der Waals surface area contributed by atoms with Crippen LogP contribution in [0.3, 0.4) is 0 Å². The number of hydrogen-bond donors (Lipinski definition) is 0. The molecular weight excluding hydrogens is 250 g/mol. The number of likely N-dealkylation sites (N-methyl/N-ethyl adjacent to an activating group) is 1. The van der Waals surface area contributed by atoms with Crippen LogP contribution < -0.4 is 4.74 Å². The molecule has 0 aliphatic carbocycles. The molecule has 1 heterocycles. The molecule has 2 atom stereocenters. The van der Waals surface area contributed by atoms with Crippen LogP contribution in [0.15, 0.2) is 18.2 Å². The number of methoxy groups -OCH3 is 1. The molecule has 0 spiro atoms. The number of benzene rings is 1. The van der Waals surface area contributed by atoms with Gasteiger partial charge in [0.1, 0.15) is 11.8 Å². The minimum atomic E-state index is 0.562. The van der Waals surface area contributed by atoms with Gasteiger partial charge in [-0.1, -0.05) is 6.07 Å². The number of nitrogens with zero attached hydrogens (tertiary/aromatic N) is 3. The van der Waals surface area contributed by atoms with Gasteiger partial charge in [0.25, 0.3) is 0 Å². The SMILES string of the molecule is COc1ccc(CN2CC(C)N(C)C(C)C2)cc1C#N. The highest BCUT2D eigenvalue weighted by molar-refractivity contribution is 5.45. The van der Waals surface area contributed by atoms with E-state index in [2.05, 4.69) is 36.8 Å². The van der Waals surface area contributed by atoms with Crippen molar-refractivity contribution in [2.75, 3.05) is 27.2 Å². The van der Waals surface area contributed by atoms with Crippen molar-refractivity contribution in [3.8, 4) is 11.8 Å². The average Bonchev–Trinajstić information content (AvgIpc) is 2.44. The maximum Gasteiger partial charge on any atom is 0.136 e. The van der Waals surface area contributed by atoms with Crippen molar-refractivity contribution in [2.24, 2.45) is 0 Å². The van der Waals surface area contributed by atoms with Crippen LogP contribution in [-0.2, 0) is 6.54 Å². The summed E-state index contributed by atoms with van der Waals surface area (Å²) in [6.45, 7) is 7.54.